The van der Waals surface area contributed by atoms with Crippen molar-refractivity contribution in [1.29, 1.82) is 0 Å². The van der Waals surface area contributed by atoms with Crippen LogP contribution in [-0.2, 0) is 0 Å². The molecule has 6 heteroatoms. The molecule has 96 valence electrons. The van der Waals surface area contributed by atoms with E-state index in [1.807, 2.05) is 22.4 Å². The first-order valence-corrected chi connectivity index (χ1v) is 17.1. The summed E-state index contributed by atoms with van der Waals surface area (Å²) in [4.78, 5) is 0. The Morgan fingerprint density at radius 3 is 1.50 bits per heavy atom. The Kier molecular flexibility index (Phi) is 4.82. The van der Waals surface area contributed by atoms with Gasteiger partial charge in [0.05, 0.1) is 0 Å². The van der Waals surface area contributed by atoms with Gasteiger partial charge in [0.15, 0.2) is 0 Å². The second-order valence-corrected chi connectivity index (χ2v) is 23.1. The molecule has 18 heavy (non-hydrogen) atoms. The van der Waals surface area contributed by atoms with Crippen molar-refractivity contribution >= 4 is 89.7 Å². The number of hydrogen-bond acceptors (Lipinski definition) is 0. The third-order valence-electron chi connectivity index (χ3n) is 2.99. The van der Waals surface area contributed by atoms with E-state index in [1.54, 1.807) is 10.6 Å². The molecule has 0 radical (unpaired) electrons. The molecule has 0 unspecified atom stereocenters. The Morgan fingerprint density at radius 2 is 1.06 bits per heavy atom. The van der Waals surface area contributed by atoms with Crippen LogP contribution >= 0.6 is 0 Å². The Labute approximate surface area is 146 Å². The van der Waals surface area contributed by atoms with E-state index in [9.17, 15) is 0 Å². The molecule has 4 aliphatic rings. The van der Waals surface area contributed by atoms with E-state index in [0.717, 1.165) is 89.7 Å². The summed E-state index contributed by atoms with van der Waals surface area (Å²) in [6.45, 7) is 0. The van der Waals surface area contributed by atoms with Gasteiger partial charge in [0.2, 0.25) is 0 Å². The zero-order valence-electron chi connectivity index (χ0n) is 9.69. The van der Waals surface area contributed by atoms with Gasteiger partial charge >= 0.3 is 148 Å². The molecule has 4 aliphatic heterocycles. The van der Waals surface area contributed by atoms with Crippen molar-refractivity contribution in [2.75, 3.05) is 0 Å². The molecular weight excluding hydrogens is 618 g/mol. The van der Waals surface area contributed by atoms with E-state index >= 15 is 0 Å². The van der Waals surface area contributed by atoms with Gasteiger partial charge in [-0.15, -0.1) is 0 Å². The van der Waals surface area contributed by atoms with E-state index in [0.29, 0.717) is 0 Å². The first-order chi connectivity index (χ1) is 8.90. The summed E-state index contributed by atoms with van der Waals surface area (Å²) in [5.41, 5.74) is 0. The molecule has 0 N–H and O–H groups in total. The second-order valence-electron chi connectivity index (χ2n) is 4.31. The van der Waals surface area contributed by atoms with Gasteiger partial charge in [-0.25, -0.2) is 0 Å². The van der Waals surface area contributed by atoms with Crippen LogP contribution < -0.4 is 0 Å². The van der Waals surface area contributed by atoms with Gasteiger partial charge in [-0.05, 0) is 0 Å². The molecule has 0 fully saturated rings. The predicted molar refractivity (Wildman–Crippen MR) is 83.7 cm³/mol. The molecular formula is C12H12Se6. The number of hydrogen-bond donors (Lipinski definition) is 0. The van der Waals surface area contributed by atoms with Gasteiger partial charge in [-0.2, -0.15) is 0 Å². The van der Waals surface area contributed by atoms with Crippen molar-refractivity contribution in [2.24, 2.45) is 0 Å². The van der Waals surface area contributed by atoms with E-state index in [4.69, 9.17) is 0 Å². The van der Waals surface area contributed by atoms with Gasteiger partial charge in [0.25, 0.3) is 0 Å². The molecule has 0 aromatic heterocycles. The van der Waals surface area contributed by atoms with E-state index in [-0.39, 0.29) is 0 Å². The van der Waals surface area contributed by atoms with Crippen molar-refractivity contribution in [3.63, 3.8) is 0 Å². The molecule has 0 spiro atoms. The van der Waals surface area contributed by atoms with Crippen LogP contribution in [0.4, 0.5) is 0 Å². The van der Waals surface area contributed by atoms with Crippen molar-refractivity contribution in [3.8, 4) is 0 Å². The third kappa shape index (κ3) is 2.80. The van der Waals surface area contributed by atoms with Crippen LogP contribution in [0.25, 0.3) is 0 Å². The molecule has 0 atom stereocenters. The Bertz CT molecular complexity index is 403. The van der Waals surface area contributed by atoms with Crippen LogP contribution in [0.5, 0.6) is 0 Å². The van der Waals surface area contributed by atoms with E-state index in [2.05, 4.69) is 0 Å². The minimum atomic E-state index is 0.845. The van der Waals surface area contributed by atoms with Crippen LogP contribution in [0.2, 0.25) is 10.6 Å². The summed E-state index contributed by atoms with van der Waals surface area (Å²) in [7, 11) is 0. The van der Waals surface area contributed by atoms with Crippen LogP contribution in [0.1, 0.15) is 25.7 Å². The first-order valence-electron chi connectivity index (χ1n) is 6.08. The summed E-state index contributed by atoms with van der Waals surface area (Å²) in [5, 5.41) is 3.11. The minimum absolute atomic E-state index is 0.845. The van der Waals surface area contributed by atoms with Crippen molar-refractivity contribution < 1.29 is 0 Å². The topological polar surface area (TPSA) is 0 Å². The molecule has 0 nitrogen and oxygen atoms in total. The zero-order chi connectivity index (χ0) is 11.9. The summed E-state index contributed by atoms with van der Waals surface area (Å²) < 4.78 is 12.1. The monoisotopic (exact) mass is 636 g/mol. The molecule has 0 amide bonds. The number of allylic oxidation sites excluding steroid dienone is 2. The van der Waals surface area contributed by atoms with Gasteiger partial charge in [-0.1, -0.05) is 0 Å². The molecule has 0 aliphatic carbocycles. The van der Waals surface area contributed by atoms with Gasteiger partial charge in [-0.3, -0.25) is 0 Å². The quantitative estimate of drug-likeness (QED) is 0.353. The molecule has 4 rings (SSSR count). The molecule has 0 aromatic rings. The molecule has 0 bridgehead atoms. The maximum absolute atomic E-state index is 2.05. The molecule has 0 aromatic carbocycles. The van der Waals surface area contributed by atoms with Crippen LogP contribution in [0, 0.1) is 0 Å². The fraction of sp³-hybridized carbons (Fsp3) is 0.500. The zero-order valence-corrected chi connectivity index (χ0v) is 20.0. The molecule has 4 heterocycles. The van der Waals surface area contributed by atoms with Crippen LogP contribution in [0.15, 0.2) is 22.4 Å². The Balaban J connectivity index is 1.54. The fourth-order valence-corrected chi connectivity index (χ4v) is 30.5. The summed E-state index contributed by atoms with van der Waals surface area (Å²) in [5.74, 6) is 0. The predicted octanol–water partition coefficient (Wildman–Crippen LogP) is 1.13. The average molecular weight is 630 g/mol. The fourth-order valence-electron chi connectivity index (χ4n) is 2.12. The van der Waals surface area contributed by atoms with Gasteiger partial charge in [0, 0.05) is 0 Å². The standard InChI is InChI=1S/C12H12Se6/c1-3-7-9(13-5-1)17-11(15-7)12-16-8-4-2-6-14-10(8)18-12/h1-6H2/b12-11-. The van der Waals surface area contributed by atoms with Crippen LogP contribution in [-0.4, -0.2) is 89.7 Å². The first kappa shape index (κ1) is 14.0. The van der Waals surface area contributed by atoms with Crippen molar-refractivity contribution in [1.82, 2.24) is 0 Å². The van der Waals surface area contributed by atoms with Gasteiger partial charge < -0.3 is 0 Å². The second kappa shape index (κ2) is 6.22. The third-order valence-corrected chi connectivity index (χ3v) is 28.3. The summed E-state index contributed by atoms with van der Waals surface area (Å²) >= 11 is 5.25. The Morgan fingerprint density at radius 1 is 0.556 bits per heavy atom. The number of rotatable bonds is 0. The maximum atomic E-state index is 2.05. The van der Waals surface area contributed by atoms with Crippen LogP contribution in [0.3, 0.4) is 0 Å². The van der Waals surface area contributed by atoms with Crippen molar-refractivity contribution in [3.05, 3.63) is 22.4 Å². The summed E-state index contributed by atoms with van der Waals surface area (Å²) in [6, 6.07) is 0. The molecule has 0 saturated carbocycles. The van der Waals surface area contributed by atoms with E-state index in [1.165, 1.54) is 25.7 Å². The Hall–Kier alpha value is 2.34. The van der Waals surface area contributed by atoms with E-state index < -0.39 is 0 Å². The molecule has 0 saturated heterocycles. The normalized spacial score (nSPS) is 32.0. The van der Waals surface area contributed by atoms with Crippen molar-refractivity contribution in [2.45, 2.75) is 36.3 Å². The SMILES string of the molecule is C1C[Se]C2=C(C1)[Se]/C(=C1\[Se]C3=C([Se]CCC3)[Se]1)[Se]2. The summed E-state index contributed by atoms with van der Waals surface area (Å²) in [6.07, 6.45) is 6.03. The average Bonchev–Trinajstić information content (AvgIpc) is 3.02. The van der Waals surface area contributed by atoms with Gasteiger partial charge in [0.1, 0.15) is 0 Å².